The first kappa shape index (κ1) is 11.3. The monoisotopic (exact) mass is 252 g/mol. The van der Waals surface area contributed by atoms with Crippen LogP contribution >= 0.6 is 24.0 Å². The van der Waals surface area contributed by atoms with Crippen molar-refractivity contribution in [3.63, 3.8) is 0 Å². The van der Waals surface area contributed by atoms with E-state index in [1.807, 2.05) is 16.7 Å². The van der Waals surface area contributed by atoms with Crippen molar-refractivity contribution in [2.75, 3.05) is 12.0 Å². The number of hydrogen-bond donors (Lipinski definition) is 1. The van der Waals surface area contributed by atoms with Crippen LogP contribution in [0.15, 0.2) is 24.5 Å². The lowest BCUT2D eigenvalue weighted by atomic mass is 10.2. The average molecular weight is 252 g/mol. The molecule has 1 N–H and O–H groups in total. The van der Waals surface area contributed by atoms with Crippen molar-refractivity contribution in [1.82, 2.24) is 19.7 Å². The summed E-state index contributed by atoms with van der Waals surface area (Å²) in [5, 5.41) is 7.08. The molecule has 0 aliphatic rings. The molecule has 2 aromatic heterocycles. The van der Waals surface area contributed by atoms with Crippen LogP contribution in [-0.4, -0.2) is 31.8 Å². The molecule has 0 aliphatic heterocycles. The van der Waals surface area contributed by atoms with Gasteiger partial charge in [-0.2, -0.15) is 16.9 Å². The van der Waals surface area contributed by atoms with Gasteiger partial charge in [0.05, 0.1) is 0 Å². The molecular formula is C10H12N4S2. The van der Waals surface area contributed by atoms with Crippen molar-refractivity contribution in [1.29, 1.82) is 0 Å². The van der Waals surface area contributed by atoms with Gasteiger partial charge in [-0.3, -0.25) is 14.6 Å². The molecule has 4 nitrogen and oxygen atoms in total. The molecule has 0 spiro atoms. The number of H-pyrrole nitrogens is 1. The second-order valence-corrected chi connectivity index (χ2v) is 4.60. The number of aromatic amines is 1. The van der Waals surface area contributed by atoms with Gasteiger partial charge in [-0.1, -0.05) is 0 Å². The summed E-state index contributed by atoms with van der Waals surface area (Å²) in [5.74, 6) is 1.90. The minimum Gasteiger partial charge on any atom is -0.299 e. The number of rotatable bonds is 4. The predicted octanol–water partition coefficient (Wildman–Crippen LogP) is 2.37. The number of thioether (sulfide) groups is 1. The predicted molar refractivity (Wildman–Crippen MR) is 69.0 cm³/mol. The Labute approximate surface area is 103 Å². The van der Waals surface area contributed by atoms with Gasteiger partial charge in [-0.25, -0.2) is 0 Å². The first-order valence-corrected chi connectivity index (χ1v) is 6.67. The van der Waals surface area contributed by atoms with E-state index in [1.54, 1.807) is 24.2 Å². The van der Waals surface area contributed by atoms with Crippen LogP contribution in [0.1, 0.15) is 0 Å². The topological polar surface area (TPSA) is 46.5 Å². The average Bonchev–Trinajstić information content (AvgIpc) is 2.69. The van der Waals surface area contributed by atoms with Gasteiger partial charge >= 0.3 is 0 Å². The van der Waals surface area contributed by atoms with Gasteiger partial charge in [0.1, 0.15) is 0 Å². The molecule has 0 unspecified atom stereocenters. The smallest absolute Gasteiger partial charge is 0.195 e. The second kappa shape index (κ2) is 5.27. The maximum atomic E-state index is 5.21. The molecule has 0 aromatic carbocycles. The first-order valence-electron chi connectivity index (χ1n) is 4.87. The molecule has 84 valence electrons. The van der Waals surface area contributed by atoms with E-state index < -0.39 is 0 Å². The lowest BCUT2D eigenvalue weighted by Crippen LogP contribution is -2.02. The van der Waals surface area contributed by atoms with Gasteiger partial charge in [0, 0.05) is 30.3 Å². The van der Waals surface area contributed by atoms with Crippen LogP contribution in [0.4, 0.5) is 0 Å². The fourth-order valence-electron chi connectivity index (χ4n) is 1.43. The van der Waals surface area contributed by atoms with Gasteiger partial charge in [0.15, 0.2) is 10.6 Å². The summed E-state index contributed by atoms with van der Waals surface area (Å²) in [6.45, 7) is 0.869. The van der Waals surface area contributed by atoms with Crippen molar-refractivity contribution in [2.24, 2.45) is 0 Å². The van der Waals surface area contributed by atoms with Gasteiger partial charge in [-0.15, -0.1) is 0 Å². The summed E-state index contributed by atoms with van der Waals surface area (Å²) in [5.41, 5.74) is 1.03. The van der Waals surface area contributed by atoms with Crippen LogP contribution < -0.4 is 0 Å². The van der Waals surface area contributed by atoms with Crippen LogP contribution in [-0.2, 0) is 6.54 Å². The first-order chi connectivity index (χ1) is 7.83. The molecule has 0 amide bonds. The molecule has 6 heteroatoms. The molecule has 0 bridgehead atoms. The summed E-state index contributed by atoms with van der Waals surface area (Å²) in [7, 11) is 0. The molecule has 0 radical (unpaired) electrons. The molecular weight excluding hydrogens is 240 g/mol. The van der Waals surface area contributed by atoms with E-state index in [-0.39, 0.29) is 0 Å². The minimum atomic E-state index is 0.667. The summed E-state index contributed by atoms with van der Waals surface area (Å²) in [6, 6.07) is 3.86. The lowest BCUT2D eigenvalue weighted by molar-refractivity contribution is 0.765. The zero-order valence-electron chi connectivity index (χ0n) is 8.88. The highest BCUT2D eigenvalue weighted by molar-refractivity contribution is 7.98. The Morgan fingerprint density at radius 3 is 2.88 bits per heavy atom. The van der Waals surface area contributed by atoms with E-state index in [9.17, 15) is 0 Å². The zero-order valence-corrected chi connectivity index (χ0v) is 10.5. The highest BCUT2D eigenvalue weighted by Gasteiger charge is 2.07. The Balaban J connectivity index is 2.38. The van der Waals surface area contributed by atoms with E-state index in [2.05, 4.69) is 21.4 Å². The number of nitrogens with zero attached hydrogens (tertiary/aromatic N) is 3. The Morgan fingerprint density at radius 1 is 1.44 bits per heavy atom. The third-order valence-corrected chi connectivity index (χ3v) is 3.12. The summed E-state index contributed by atoms with van der Waals surface area (Å²) < 4.78 is 2.68. The fourth-order valence-corrected chi connectivity index (χ4v) is 2.02. The number of aromatic nitrogens is 4. The Kier molecular flexibility index (Phi) is 3.74. The van der Waals surface area contributed by atoms with E-state index >= 15 is 0 Å². The molecule has 2 rings (SSSR count). The molecule has 0 fully saturated rings. The molecule has 0 saturated heterocycles. The van der Waals surface area contributed by atoms with E-state index in [0.29, 0.717) is 4.77 Å². The lowest BCUT2D eigenvalue weighted by Gasteiger charge is -2.04. The van der Waals surface area contributed by atoms with E-state index in [0.717, 1.165) is 23.7 Å². The van der Waals surface area contributed by atoms with Crippen LogP contribution in [0.25, 0.3) is 11.4 Å². The van der Waals surface area contributed by atoms with Crippen LogP contribution in [0, 0.1) is 4.77 Å². The maximum Gasteiger partial charge on any atom is 0.195 e. The quantitative estimate of drug-likeness (QED) is 0.849. The van der Waals surface area contributed by atoms with E-state index in [1.165, 1.54) is 0 Å². The number of nitrogens with one attached hydrogen (secondary N) is 1. The Morgan fingerprint density at radius 2 is 2.19 bits per heavy atom. The van der Waals surface area contributed by atoms with Crippen molar-refractivity contribution in [3.8, 4) is 11.4 Å². The molecule has 0 aliphatic carbocycles. The van der Waals surface area contributed by atoms with Gasteiger partial charge < -0.3 is 0 Å². The third kappa shape index (κ3) is 2.33. The third-order valence-electron chi connectivity index (χ3n) is 2.22. The summed E-state index contributed by atoms with van der Waals surface area (Å²) in [6.07, 6.45) is 5.59. The molecule has 0 saturated carbocycles. The molecule has 2 aromatic rings. The summed E-state index contributed by atoms with van der Waals surface area (Å²) >= 11 is 7.00. The second-order valence-electron chi connectivity index (χ2n) is 3.23. The van der Waals surface area contributed by atoms with Crippen molar-refractivity contribution in [3.05, 3.63) is 29.3 Å². The maximum absolute atomic E-state index is 5.21. The summed E-state index contributed by atoms with van der Waals surface area (Å²) in [4.78, 5) is 3.99. The standard InChI is InChI=1S/C10H12N4S2/c1-16-7-6-14-9(12-13-10(14)15)8-2-4-11-5-3-8/h2-5H,6-7H2,1H3,(H,13,15). The minimum absolute atomic E-state index is 0.667. The van der Waals surface area contributed by atoms with Gasteiger partial charge in [0.2, 0.25) is 0 Å². The Bertz CT molecular complexity index is 503. The van der Waals surface area contributed by atoms with E-state index in [4.69, 9.17) is 12.2 Å². The van der Waals surface area contributed by atoms with Crippen molar-refractivity contribution >= 4 is 24.0 Å². The molecule has 0 atom stereocenters. The van der Waals surface area contributed by atoms with Crippen LogP contribution in [0.3, 0.4) is 0 Å². The highest BCUT2D eigenvalue weighted by Crippen LogP contribution is 2.16. The number of hydrogen-bond acceptors (Lipinski definition) is 4. The number of pyridine rings is 1. The normalized spacial score (nSPS) is 10.6. The van der Waals surface area contributed by atoms with Crippen molar-refractivity contribution in [2.45, 2.75) is 6.54 Å². The fraction of sp³-hybridized carbons (Fsp3) is 0.300. The van der Waals surface area contributed by atoms with Gasteiger partial charge in [0.25, 0.3) is 0 Å². The molecule has 16 heavy (non-hydrogen) atoms. The Hall–Kier alpha value is -1.14. The van der Waals surface area contributed by atoms with Gasteiger partial charge in [-0.05, 0) is 30.6 Å². The highest BCUT2D eigenvalue weighted by atomic mass is 32.2. The van der Waals surface area contributed by atoms with Crippen molar-refractivity contribution < 1.29 is 0 Å². The molecule has 2 heterocycles. The van der Waals surface area contributed by atoms with Crippen LogP contribution in [0.5, 0.6) is 0 Å². The largest absolute Gasteiger partial charge is 0.299 e. The zero-order chi connectivity index (χ0) is 11.4. The van der Waals surface area contributed by atoms with Crippen LogP contribution in [0.2, 0.25) is 0 Å². The SMILES string of the molecule is CSCCn1c(-c2ccncc2)n[nH]c1=S.